The lowest BCUT2D eigenvalue weighted by molar-refractivity contribution is -0.128. The summed E-state index contributed by atoms with van der Waals surface area (Å²) in [4.78, 5) is 24.3. The fourth-order valence-corrected chi connectivity index (χ4v) is 3.02. The highest BCUT2D eigenvalue weighted by Crippen LogP contribution is 2.30. The molecule has 0 atom stereocenters. The van der Waals surface area contributed by atoms with Gasteiger partial charge in [-0.3, -0.25) is 9.59 Å². The lowest BCUT2D eigenvalue weighted by Gasteiger charge is -2.27. The number of benzene rings is 1. The molecule has 0 radical (unpaired) electrons. The molecule has 0 spiro atoms. The minimum Gasteiger partial charge on any atom is -0.385 e. The van der Waals surface area contributed by atoms with Crippen LogP contribution in [0.25, 0.3) is 0 Å². The number of nitrogens with one attached hydrogen (secondary N) is 2. The number of hydrogen-bond donors (Lipinski definition) is 2. The Labute approximate surface area is 146 Å². The monoisotopic (exact) mass is 354 g/mol. The molecule has 7 heteroatoms. The molecule has 0 saturated heterocycles. The van der Waals surface area contributed by atoms with Gasteiger partial charge in [0.15, 0.2) is 0 Å². The molecule has 0 aromatic heterocycles. The van der Waals surface area contributed by atoms with E-state index in [1.165, 1.54) is 6.07 Å². The first-order valence-electron chi connectivity index (χ1n) is 8.54. The molecule has 0 unspecified atom stereocenters. The fraction of sp³-hybridized carbons (Fsp3) is 0.556. The minimum atomic E-state index is -0.794. The van der Waals surface area contributed by atoms with E-state index < -0.39 is 11.6 Å². The molecular formula is C18H24F2N2O3. The maximum absolute atomic E-state index is 13.6. The van der Waals surface area contributed by atoms with Crippen molar-refractivity contribution in [3.8, 4) is 0 Å². The second-order valence-electron chi connectivity index (χ2n) is 6.30. The highest BCUT2D eigenvalue weighted by molar-refractivity contribution is 5.92. The highest BCUT2D eigenvalue weighted by atomic mass is 19.1. The van der Waals surface area contributed by atoms with E-state index in [0.717, 1.165) is 18.6 Å². The Bertz CT molecular complexity index is 602. The molecule has 0 heterocycles. The van der Waals surface area contributed by atoms with Crippen molar-refractivity contribution in [3.63, 3.8) is 0 Å². The number of rotatable bonds is 7. The average molecular weight is 354 g/mol. The summed E-state index contributed by atoms with van der Waals surface area (Å²) in [5.74, 6) is -2.11. The van der Waals surface area contributed by atoms with Crippen molar-refractivity contribution in [2.75, 3.05) is 25.6 Å². The molecule has 1 aromatic carbocycles. The summed E-state index contributed by atoms with van der Waals surface area (Å²) < 4.78 is 31.4. The van der Waals surface area contributed by atoms with Gasteiger partial charge in [0.2, 0.25) is 11.8 Å². The number of ether oxygens (including phenoxy) is 1. The van der Waals surface area contributed by atoms with Crippen molar-refractivity contribution < 1.29 is 23.1 Å². The predicted octanol–water partition coefficient (Wildman–Crippen LogP) is 2.86. The number of carbonyl (C=O) groups is 2. The van der Waals surface area contributed by atoms with Crippen LogP contribution in [0, 0.1) is 23.5 Å². The zero-order valence-electron chi connectivity index (χ0n) is 14.3. The summed E-state index contributed by atoms with van der Waals surface area (Å²) in [6.07, 6.45) is 3.17. The van der Waals surface area contributed by atoms with Crippen LogP contribution >= 0.6 is 0 Å². The molecular weight excluding hydrogens is 330 g/mol. The second kappa shape index (κ2) is 9.46. The van der Waals surface area contributed by atoms with Crippen molar-refractivity contribution in [2.24, 2.45) is 11.8 Å². The van der Waals surface area contributed by atoms with Gasteiger partial charge in [0.1, 0.15) is 11.6 Å². The van der Waals surface area contributed by atoms with Crippen molar-refractivity contribution in [1.82, 2.24) is 5.32 Å². The Morgan fingerprint density at radius 3 is 2.36 bits per heavy atom. The highest BCUT2D eigenvalue weighted by Gasteiger charge is 2.30. The van der Waals surface area contributed by atoms with Crippen molar-refractivity contribution in [3.05, 3.63) is 29.8 Å². The molecule has 138 valence electrons. The van der Waals surface area contributed by atoms with Gasteiger partial charge in [-0.2, -0.15) is 0 Å². The summed E-state index contributed by atoms with van der Waals surface area (Å²) in [7, 11) is 1.62. The van der Waals surface area contributed by atoms with Crippen molar-refractivity contribution in [1.29, 1.82) is 0 Å². The second-order valence-corrected chi connectivity index (χ2v) is 6.30. The third kappa shape index (κ3) is 5.77. The van der Waals surface area contributed by atoms with Crippen LogP contribution in [-0.4, -0.2) is 32.1 Å². The zero-order chi connectivity index (χ0) is 18.2. The minimum absolute atomic E-state index is 0.0135. The Morgan fingerprint density at radius 2 is 1.76 bits per heavy atom. The van der Waals surface area contributed by atoms with Gasteiger partial charge in [0.25, 0.3) is 0 Å². The topological polar surface area (TPSA) is 67.4 Å². The van der Waals surface area contributed by atoms with E-state index in [1.54, 1.807) is 7.11 Å². The molecule has 1 aliphatic rings. The van der Waals surface area contributed by atoms with Gasteiger partial charge in [-0.15, -0.1) is 0 Å². The molecule has 25 heavy (non-hydrogen) atoms. The summed E-state index contributed by atoms with van der Waals surface area (Å²) >= 11 is 0. The number of methoxy groups -OCH3 is 1. The van der Waals surface area contributed by atoms with Gasteiger partial charge in [-0.05, 0) is 44.2 Å². The van der Waals surface area contributed by atoms with E-state index in [1.807, 2.05) is 0 Å². The molecule has 1 saturated carbocycles. The third-order valence-electron chi connectivity index (χ3n) is 4.48. The molecule has 1 fully saturated rings. The lowest BCUT2D eigenvalue weighted by atomic mass is 9.81. The number of halogens is 2. The average Bonchev–Trinajstić information content (AvgIpc) is 2.61. The maximum Gasteiger partial charge on any atom is 0.227 e. The van der Waals surface area contributed by atoms with Gasteiger partial charge in [-0.25, -0.2) is 8.78 Å². The Balaban J connectivity index is 1.77. The molecule has 2 N–H and O–H groups in total. The summed E-state index contributed by atoms with van der Waals surface area (Å²) in [6, 6.07) is 3.05. The van der Waals surface area contributed by atoms with E-state index in [4.69, 9.17) is 4.74 Å². The lowest BCUT2D eigenvalue weighted by Crippen LogP contribution is -2.36. The Kier molecular flexibility index (Phi) is 7.31. The van der Waals surface area contributed by atoms with Crippen molar-refractivity contribution >= 4 is 17.5 Å². The van der Waals surface area contributed by atoms with Crippen LogP contribution in [0.2, 0.25) is 0 Å². The number of hydrogen-bond acceptors (Lipinski definition) is 3. The van der Waals surface area contributed by atoms with Gasteiger partial charge >= 0.3 is 0 Å². The summed E-state index contributed by atoms with van der Waals surface area (Å²) in [5, 5.41) is 5.38. The molecule has 2 amide bonds. The Morgan fingerprint density at radius 1 is 1.12 bits per heavy atom. The van der Waals surface area contributed by atoms with Crippen LogP contribution in [0.4, 0.5) is 14.5 Å². The smallest absolute Gasteiger partial charge is 0.227 e. The quantitative estimate of drug-likeness (QED) is 0.740. The zero-order valence-corrected chi connectivity index (χ0v) is 14.3. The summed E-state index contributed by atoms with van der Waals surface area (Å²) in [6.45, 7) is 1.18. The van der Waals surface area contributed by atoms with Gasteiger partial charge in [-0.1, -0.05) is 0 Å². The van der Waals surface area contributed by atoms with Crippen LogP contribution in [0.15, 0.2) is 18.2 Å². The van der Waals surface area contributed by atoms with Crippen LogP contribution < -0.4 is 10.6 Å². The van der Waals surface area contributed by atoms with E-state index in [9.17, 15) is 18.4 Å². The third-order valence-corrected chi connectivity index (χ3v) is 4.48. The summed E-state index contributed by atoms with van der Waals surface area (Å²) in [5.41, 5.74) is -0.0237. The van der Waals surface area contributed by atoms with Crippen LogP contribution in [0.5, 0.6) is 0 Å². The van der Waals surface area contributed by atoms with E-state index in [0.29, 0.717) is 38.8 Å². The van der Waals surface area contributed by atoms with Crippen LogP contribution in [0.3, 0.4) is 0 Å². The standard InChI is InChI=1S/C18H24F2N2O3/c1-25-10-2-9-21-17(23)12-3-5-13(6-4-12)18(24)22-16-8-7-14(19)11-15(16)20/h7-8,11-13H,2-6,9-10H2,1H3,(H,21,23)(H,22,24). The number of amides is 2. The Hall–Kier alpha value is -2.02. The molecule has 2 rings (SSSR count). The first-order valence-corrected chi connectivity index (χ1v) is 8.54. The first-order chi connectivity index (χ1) is 12.0. The molecule has 0 aliphatic heterocycles. The number of anilines is 1. The van der Waals surface area contributed by atoms with Crippen LogP contribution in [0.1, 0.15) is 32.1 Å². The van der Waals surface area contributed by atoms with Crippen LogP contribution in [-0.2, 0) is 14.3 Å². The largest absolute Gasteiger partial charge is 0.385 e. The predicted molar refractivity (Wildman–Crippen MR) is 89.9 cm³/mol. The van der Waals surface area contributed by atoms with Gasteiger partial charge < -0.3 is 15.4 Å². The normalized spacial score (nSPS) is 20.1. The molecule has 0 bridgehead atoms. The van der Waals surface area contributed by atoms with E-state index in [-0.39, 0.29) is 29.3 Å². The van der Waals surface area contributed by atoms with E-state index >= 15 is 0 Å². The van der Waals surface area contributed by atoms with E-state index in [2.05, 4.69) is 10.6 Å². The molecule has 5 nitrogen and oxygen atoms in total. The number of carbonyl (C=O) groups excluding carboxylic acids is 2. The molecule has 1 aliphatic carbocycles. The maximum atomic E-state index is 13.6. The van der Waals surface area contributed by atoms with Crippen molar-refractivity contribution in [2.45, 2.75) is 32.1 Å². The SMILES string of the molecule is COCCCNC(=O)C1CCC(C(=O)Nc2ccc(F)cc2F)CC1. The van der Waals surface area contributed by atoms with Gasteiger partial charge in [0.05, 0.1) is 5.69 Å². The molecule has 1 aromatic rings. The van der Waals surface area contributed by atoms with Gasteiger partial charge in [0, 0.05) is 38.2 Å². The first kappa shape index (κ1) is 19.3. The fourth-order valence-electron chi connectivity index (χ4n) is 3.02.